The molecule has 0 saturated heterocycles. The second-order valence-electron chi connectivity index (χ2n) is 15.1. The van der Waals surface area contributed by atoms with Gasteiger partial charge in [-0.25, -0.2) is 4.98 Å². The molecule has 3 aromatic heterocycles. The molecule has 0 aliphatic rings. The molecule has 0 atom stereocenters. The first-order chi connectivity index (χ1) is 24.5. The Labute approximate surface area is 320 Å². The smallest absolute Gasteiger partial charge is 0.267 e. The van der Waals surface area contributed by atoms with Crippen LogP contribution in [0.4, 0.5) is 0 Å². The van der Waals surface area contributed by atoms with Crippen molar-refractivity contribution < 1.29 is 30.4 Å². The fraction of sp³-hybridized carbons (Fsp3) is 0.174. The van der Waals surface area contributed by atoms with Gasteiger partial charge in [-0.1, -0.05) is 114 Å². The van der Waals surface area contributed by atoms with Gasteiger partial charge in [0.1, 0.15) is 5.82 Å². The van der Waals surface area contributed by atoms with Crippen molar-refractivity contribution in [1.29, 1.82) is 0 Å². The summed E-state index contributed by atoms with van der Waals surface area (Å²) in [5.74, 6) is 2.08. The maximum atomic E-state index is 6.64. The van der Waals surface area contributed by atoms with Crippen LogP contribution in [0, 0.1) is 18.5 Å². The van der Waals surface area contributed by atoms with Crippen LogP contribution in [0.5, 0.6) is 11.5 Å². The number of nitrogens with zero attached hydrogens (tertiary/aromatic N) is 4. The van der Waals surface area contributed by atoms with Crippen LogP contribution in [0.3, 0.4) is 0 Å². The number of para-hydroxylation sites is 2. The Morgan fingerprint density at radius 2 is 1.40 bits per heavy atom. The third-order valence-electron chi connectivity index (χ3n) is 9.40. The van der Waals surface area contributed by atoms with E-state index in [9.17, 15) is 0 Å². The van der Waals surface area contributed by atoms with Crippen molar-refractivity contribution in [2.24, 2.45) is 0 Å². The molecule has 0 aliphatic carbocycles. The second kappa shape index (κ2) is 13.7. The second-order valence-corrected chi connectivity index (χ2v) is 15.1. The largest absolute Gasteiger partial charge is 0.510 e. The van der Waals surface area contributed by atoms with Gasteiger partial charge in [-0.05, 0) is 62.9 Å². The number of benzene rings is 5. The van der Waals surface area contributed by atoms with Crippen molar-refractivity contribution in [3.05, 3.63) is 163 Å². The molecular weight excluding hydrogens is 820 g/mol. The Morgan fingerprint density at radius 1 is 0.673 bits per heavy atom. The van der Waals surface area contributed by atoms with E-state index in [1.807, 2.05) is 39.9 Å². The van der Waals surface area contributed by atoms with Gasteiger partial charge in [0.15, 0.2) is 0 Å². The number of imidazole rings is 1. The van der Waals surface area contributed by atoms with E-state index in [1.54, 1.807) is 0 Å². The first-order valence-electron chi connectivity index (χ1n) is 17.4. The summed E-state index contributed by atoms with van der Waals surface area (Å²) in [6.07, 6.45) is 9.47. The summed E-state index contributed by atoms with van der Waals surface area (Å²) in [7, 11) is 0. The Kier molecular flexibility index (Phi) is 9.27. The summed E-state index contributed by atoms with van der Waals surface area (Å²) in [4.78, 5) is 4.83. The molecule has 0 unspecified atom stereocenters. The molecule has 262 valence electrons. The van der Waals surface area contributed by atoms with Gasteiger partial charge in [0, 0.05) is 56.7 Å². The van der Waals surface area contributed by atoms with Crippen LogP contribution < -0.4 is 9.30 Å². The van der Waals surface area contributed by atoms with Crippen LogP contribution in [0.15, 0.2) is 134 Å². The fourth-order valence-electron chi connectivity index (χ4n) is 6.57. The minimum atomic E-state index is -0.130. The summed E-state index contributed by atoms with van der Waals surface area (Å²) in [6, 6.07) is 47.0. The molecule has 0 bridgehead atoms. The van der Waals surface area contributed by atoms with Gasteiger partial charge in [-0.2, -0.15) is 17.7 Å². The SMILES string of the molecule is CC(C)(C)c1cc(Oc2[c-]c3c(cc2)c2ccccc2n3-c2cc(C(C)(C)C)ccn2)[c-]c(-n2[c-][n+](-c3ccccc3-c3ccccc3)cc2)c1.[Pt]. The molecule has 8 rings (SSSR count). The van der Waals surface area contributed by atoms with Crippen LogP contribution in [-0.4, -0.2) is 14.1 Å². The number of hydrogen-bond acceptors (Lipinski definition) is 2. The Balaban J connectivity index is 0.00000420. The van der Waals surface area contributed by atoms with Gasteiger partial charge in [-0.3, -0.25) is 4.57 Å². The zero-order chi connectivity index (χ0) is 35.3. The number of rotatable bonds is 6. The summed E-state index contributed by atoms with van der Waals surface area (Å²) in [5, 5.41) is 2.24. The van der Waals surface area contributed by atoms with Crippen molar-refractivity contribution in [1.82, 2.24) is 14.1 Å². The van der Waals surface area contributed by atoms with Crippen LogP contribution >= 0.6 is 0 Å². The van der Waals surface area contributed by atoms with Gasteiger partial charge in [-0.15, -0.1) is 29.7 Å². The first-order valence-corrected chi connectivity index (χ1v) is 17.4. The number of aromatic nitrogens is 4. The predicted molar refractivity (Wildman–Crippen MR) is 205 cm³/mol. The number of hydrogen-bond donors (Lipinski definition) is 0. The monoisotopic (exact) mass is 859 g/mol. The zero-order valence-corrected chi connectivity index (χ0v) is 32.5. The molecule has 0 spiro atoms. The van der Waals surface area contributed by atoms with E-state index >= 15 is 0 Å². The topological polar surface area (TPSA) is 35.9 Å². The van der Waals surface area contributed by atoms with Crippen LogP contribution in [0.1, 0.15) is 52.7 Å². The molecule has 0 radical (unpaired) electrons. The summed E-state index contributed by atoms with van der Waals surface area (Å²) in [5.41, 5.74) is 8.38. The molecule has 5 nitrogen and oxygen atoms in total. The Bertz CT molecular complexity index is 2530. The number of ether oxygens (including phenoxy) is 1. The molecular formula is C46H40N4OPt-2. The van der Waals surface area contributed by atoms with Gasteiger partial charge in [0.25, 0.3) is 6.33 Å². The standard InChI is InChI=1S/C46H40N4O.Pt/c1-45(2,3)33-22-23-47-44(28-33)50-42-19-13-11-17-39(42)40-21-20-36(30-43(40)50)51-37-27-34(46(4,5)6)26-35(29-37)48-24-25-49(31-48)41-18-12-10-16-38(41)32-14-8-7-9-15-32;/h7-28H,1-6H3;/q-2;. The zero-order valence-electron chi connectivity index (χ0n) is 30.2. The van der Waals surface area contributed by atoms with Crippen molar-refractivity contribution >= 4 is 21.8 Å². The van der Waals surface area contributed by atoms with Crippen LogP contribution in [0.25, 0.3) is 50.1 Å². The summed E-state index contributed by atoms with van der Waals surface area (Å²) in [6.45, 7) is 13.3. The van der Waals surface area contributed by atoms with Crippen LogP contribution in [-0.2, 0) is 31.9 Å². The number of pyridine rings is 1. The third-order valence-corrected chi connectivity index (χ3v) is 9.40. The van der Waals surface area contributed by atoms with Gasteiger partial charge >= 0.3 is 0 Å². The van der Waals surface area contributed by atoms with E-state index in [-0.39, 0.29) is 31.9 Å². The average Bonchev–Trinajstić information content (AvgIpc) is 3.75. The van der Waals surface area contributed by atoms with Gasteiger partial charge < -0.3 is 13.9 Å². The molecule has 6 heteroatoms. The molecule has 0 amide bonds. The quantitative estimate of drug-likeness (QED) is 0.123. The molecule has 0 N–H and O–H groups in total. The van der Waals surface area contributed by atoms with E-state index in [1.165, 1.54) is 5.56 Å². The van der Waals surface area contributed by atoms with E-state index in [0.29, 0.717) is 11.5 Å². The molecule has 0 aliphatic heterocycles. The first kappa shape index (κ1) is 35.2. The van der Waals surface area contributed by atoms with E-state index in [4.69, 9.17) is 9.72 Å². The maximum absolute atomic E-state index is 6.64. The van der Waals surface area contributed by atoms with E-state index in [0.717, 1.165) is 55.7 Å². The Hall–Kier alpha value is -5.25. The maximum Gasteiger partial charge on any atom is 0.267 e. The van der Waals surface area contributed by atoms with Crippen molar-refractivity contribution in [2.75, 3.05) is 0 Å². The molecule has 3 heterocycles. The van der Waals surface area contributed by atoms with E-state index in [2.05, 4.69) is 168 Å². The van der Waals surface area contributed by atoms with Gasteiger partial charge in [0.2, 0.25) is 0 Å². The van der Waals surface area contributed by atoms with Crippen molar-refractivity contribution in [2.45, 2.75) is 52.4 Å². The number of fused-ring (bicyclic) bond motifs is 3. The minimum Gasteiger partial charge on any atom is -0.510 e. The average molecular weight is 860 g/mol. The third kappa shape index (κ3) is 6.74. The molecule has 5 aromatic carbocycles. The summed E-state index contributed by atoms with van der Waals surface area (Å²) >= 11 is 0. The van der Waals surface area contributed by atoms with E-state index < -0.39 is 0 Å². The molecule has 0 fully saturated rings. The fourth-order valence-corrected chi connectivity index (χ4v) is 6.57. The van der Waals surface area contributed by atoms with Crippen molar-refractivity contribution in [3.8, 4) is 39.8 Å². The predicted octanol–water partition coefficient (Wildman–Crippen LogP) is 10.7. The molecule has 52 heavy (non-hydrogen) atoms. The van der Waals surface area contributed by atoms with Crippen molar-refractivity contribution in [3.63, 3.8) is 0 Å². The minimum absolute atomic E-state index is 0. The van der Waals surface area contributed by atoms with Gasteiger partial charge in [0.05, 0.1) is 5.69 Å². The normalized spacial score (nSPS) is 11.9. The molecule has 0 saturated carbocycles. The van der Waals surface area contributed by atoms with Crippen LogP contribution in [0.2, 0.25) is 0 Å². The molecule has 8 aromatic rings. The summed E-state index contributed by atoms with van der Waals surface area (Å²) < 4.78 is 12.8. The Morgan fingerprint density at radius 3 is 2.19 bits per heavy atom.